The first-order chi connectivity index (χ1) is 16.1. The number of fused-ring (bicyclic) bond motifs is 1. The SMILES string of the molecule is C=C(CCCCCCCCC(=C)OC1CC2=C(C1)C(=C)CC=C2)OC1CC2=CCCC=C2C1. The molecular formula is C31H42O2. The minimum Gasteiger partial charge on any atom is -0.495 e. The molecule has 0 N–H and O–H groups in total. The summed E-state index contributed by atoms with van der Waals surface area (Å²) in [7, 11) is 0. The van der Waals surface area contributed by atoms with Gasteiger partial charge < -0.3 is 9.47 Å². The third-order valence-corrected chi connectivity index (χ3v) is 7.46. The van der Waals surface area contributed by atoms with Gasteiger partial charge in [0.2, 0.25) is 0 Å². The van der Waals surface area contributed by atoms with Crippen LogP contribution in [0.1, 0.15) is 96.3 Å². The van der Waals surface area contributed by atoms with Crippen LogP contribution in [0.2, 0.25) is 0 Å². The standard InChI is InChI=1S/C31H42O2/c1-23-13-12-18-28-21-30(22-31(23)28)33-25(3)15-9-7-5-4-6-8-14-24(2)32-29-19-26-16-10-11-17-27(26)20-29/h12,16-18,29-30H,1-11,13-15,19-22H2. The molecule has 0 spiro atoms. The molecule has 33 heavy (non-hydrogen) atoms. The second kappa shape index (κ2) is 11.8. The molecule has 0 aromatic heterocycles. The Morgan fingerprint density at radius 2 is 1.30 bits per heavy atom. The van der Waals surface area contributed by atoms with E-state index >= 15 is 0 Å². The van der Waals surface area contributed by atoms with Gasteiger partial charge in [0.25, 0.3) is 0 Å². The maximum absolute atomic E-state index is 6.17. The minimum absolute atomic E-state index is 0.263. The molecule has 0 amide bonds. The van der Waals surface area contributed by atoms with Gasteiger partial charge in [-0.15, -0.1) is 0 Å². The lowest BCUT2D eigenvalue weighted by molar-refractivity contribution is 0.118. The Balaban J connectivity index is 0.983. The Labute approximate surface area is 201 Å². The molecule has 2 heteroatoms. The van der Waals surface area contributed by atoms with Crippen LogP contribution in [0.25, 0.3) is 0 Å². The van der Waals surface area contributed by atoms with Crippen LogP contribution >= 0.6 is 0 Å². The van der Waals surface area contributed by atoms with Crippen molar-refractivity contribution < 1.29 is 9.47 Å². The van der Waals surface area contributed by atoms with Crippen molar-refractivity contribution in [3.05, 3.63) is 83.4 Å². The van der Waals surface area contributed by atoms with Gasteiger partial charge in [-0.2, -0.15) is 0 Å². The van der Waals surface area contributed by atoms with Gasteiger partial charge >= 0.3 is 0 Å². The number of unbranched alkanes of at least 4 members (excludes halogenated alkanes) is 5. The van der Waals surface area contributed by atoms with Gasteiger partial charge in [-0.05, 0) is 60.0 Å². The van der Waals surface area contributed by atoms with Crippen LogP contribution in [0.15, 0.2) is 83.4 Å². The van der Waals surface area contributed by atoms with Crippen LogP contribution in [0.4, 0.5) is 0 Å². The molecule has 0 saturated heterocycles. The lowest BCUT2D eigenvalue weighted by atomic mass is 9.96. The van der Waals surface area contributed by atoms with Gasteiger partial charge in [0.05, 0.1) is 11.5 Å². The molecule has 4 aliphatic carbocycles. The van der Waals surface area contributed by atoms with E-state index < -0.39 is 0 Å². The van der Waals surface area contributed by atoms with Gasteiger partial charge in [-0.25, -0.2) is 0 Å². The van der Waals surface area contributed by atoms with Crippen LogP contribution in [0, 0.1) is 0 Å². The van der Waals surface area contributed by atoms with E-state index in [-0.39, 0.29) is 6.10 Å². The van der Waals surface area contributed by atoms with Gasteiger partial charge in [0, 0.05) is 38.5 Å². The highest BCUT2D eigenvalue weighted by molar-refractivity contribution is 5.47. The molecule has 0 aliphatic heterocycles. The normalized spacial score (nSPS) is 22.1. The van der Waals surface area contributed by atoms with E-state index in [4.69, 9.17) is 9.47 Å². The lowest BCUT2D eigenvalue weighted by Crippen LogP contribution is -2.08. The first-order valence-electron chi connectivity index (χ1n) is 13.2. The molecule has 1 atom stereocenters. The summed E-state index contributed by atoms with van der Waals surface area (Å²) in [5.41, 5.74) is 7.17. The fourth-order valence-corrected chi connectivity index (χ4v) is 5.68. The molecular weight excluding hydrogens is 404 g/mol. The zero-order valence-electron chi connectivity index (χ0n) is 20.5. The number of ether oxygens (including phenoxy) is 2. The van der Waals surface area contributed by atoms with Gasteiger partial charge in [0.15, 0.2) is 0 Å². The molecule has 178 valence electrons. The van der Waals surface area contributed by atoms with E-state index in [0.717, 1.165) is 56.5 Å². The number of allylic oxidation sites excluding steroid dienone is 7. The lowest BCUT2D eigenvalue weighted by Gasteiger charge is -2.16. The predicted molar refractivity (Wildman–Crippen MR) is 139 cm³/mol. The Kier molecular flexibility index (Phi) is 8.53. The van der Waals surface area contributed by atoms with E-state index in [1.165, 1.54) is 79.2 Å². The highest BCUT2D eigenvalue weighted by Crippen LogP contribution is 2.39. The molecule has 4 rings (SSSR count). The molecule has 1 saturated carbocycles. The van der Waals surface area contributed by atoms with Crippen molar-refractivity contribution >= 4 is 0 Å². The Bertz CT molecular complexity index is 857. The van der Waals surface area contributed by atoms with Crippen molar-refractivity contribution in [1.82, 2.24) is 0 Å². The summed E-state index contributed by atoms with van der Waals surface area (Å²) in [6, 6.07) is 0. The Morgan fingerprint density at radius 1 is 0.758 bits per heavy atom. The monoisotopic (exact) mass is 446 g/mol. The molecule has 0 radical (unpaired) electrons. The average Bonchev–Trinajstić information content (AvgIpc) is 3.39. The third-order valence-electron chi connectivity index (χ3n) is 7.46. The van der Waals surface area contributed by atoms with Crippen LogP contribution in [-0.2, 0) is 9.47 Å². The Hall–Kier alpha value is -2.22. The highest BCUT2D eigenvalue weighted by Gasteiger charge is 2.27. The largest absolute Gasteiger partial charge is 0.495 e. The van der Waals surface area contributed by atoms with Crippen molar-refractivity contribution in [2.45, 2.75) is 109 Å². The molecule has 0 aromatic rings. The van der Waals surface area contributed by atoms with Crippen molar-refractivity contribution in [2.75, 3.05) is 0 Å². The van der Waals surface area contributed by atoms with Gasteiger partial charge in [-0.1, -0.05) is 69.7 Å². The van der Waals surface area contributed by atoms with Crippen molar-refractivity contribution in [3.63, 3.8) is 0 Å². The van der Waals surface area contributed by atoms with E-state index in [1.807, 2.05) is 0 Å². The first-order valence-corrected chi connectivity index (χ1v) is 13.2. The topological polar surface area (TPSA) is 18.5 Å². The summed E-state index contributed by atoms with van der Waals surface area (Å²) in [5.74, 6) is 1.94. The molecule has 1 unspecified atom stereocenters. The van der Waals surface area contributed by atoms with E-state index in [2.05, 4.69) is 44.0 Å². The van der Waals surface area contributed by atoms with Crippen molar-refractivity contribution in [1.29, 1.82) is 0 Å². The summed E-state index contributed by atoms with van der Waals surface area (Å²) >= 11 is 0. The minimum atomic E-state index is 0.263. The average molecular weight is 447 g/mol. The fraction of sp³-hybridized carbons (Fsp3) is 0.548. The maximum Gasteiger partial charge on any atom is 0.106 e. The van der Waals surface area contributed by atoms with Crippen LogP contribution in [-0.4, -0.2) is 12.2 Å². The Morgan fingerprint density at radius 3 is 1.88 bits per heavy atom. The van der Waals surface area contributed by atoms with E-state index in [0.29, 0.717) is 6.10 Å². The quantitative estimate of drug-likeness (QED) is 0.208. The molecule has 0 bridgehead atoms. The maximum atomic E-state index is 6.17. The molecule has 1 fully saturated rings. The molecule has 2 nitrogen and oxygen atoms in total. The van der Waals surface area contributed by atoms with Crippen LogP contribution in [0.3, 0.4) is 0 Å². The molecule has 0 aromatic carbocycles. The van der Waals surface area contributed by atoms with Gasteiger partial charge in [0.1, 0.15) is 12.2 Å². The molecule has 0 heterocycles. The smallest absolute Gasteiger partial charge is 0.106 e. The van der Waals surface area contributed by atoms with Crippen molar-refractivity contribution in [3.8, 4) is 0 Å². The second-order valence-electron chi connectivity index (χ2n) is 10.2. The van der Waals surface area contributed by atoms with Crippen LogP contribution < -0.4 is 0 Å². The highest BCUT2D eigenvalue weighted by atomic mass is 16.5. The second-order valence-corrected chi connectivity index (χ2v) is 10.2. The zero-order valence-corrected chi connectivity index (χ0v) is 20.5. The van der Waals surface area contributed by atoms with E-state index in [9.17, 15) is 0 Å². The van der Waals surface area contributed by atoms with Gasteiger partial charge in [-0.3, -0.25) is 0 Å². The van der Waals surface area contributed by atoms with E-state index in [1.54, 1.807) is 0 Å². The molecule has 4 aliphatic rings. The summed E-state index contributed by atoms with van der Waals surface area (Å²) in [4.78, 5) is 0. The van der Waals surface area contributed by atoms with Crippen LogP contribution in [0.5, 0.6) is 0 Å². The summed E-state index contributed by atoms with van der Waals surface area (Å²) in [6.45, 7) is 12.6. The predicted octanol–water partition coefficient (Wildman–Crippen LogP) is 8.95. The summed E-state index contributed by atoms with van der Waals surface area (Å²) in [6.07, 6.45) is 26.8. The zero-order chi connectivity index (χ0) is 23.0. The fourth-order valence-electron chi connectivity index (χ4n) is 5.68. The summed E-state index contributed by atoms with van der Waals surface area (Å²) < 4.78 is 12.3. The first kappa shape index (κ1) is 23.9. The number of rotatable bonds is 13. The summed E-state index contributed by atoms with van der Waals surface area (Å²) in [5, 5.41) is 0. The third kappa shape index (κ3) is 6.88. The number of hydrogen-bond acceptors (Lipinski definition) is 2. The van der Waals surface area contributed by atoms with Crippen molar-refractivity contribution in [2.24, 2.45) is 0 Å². The number of hydrogen-bond donors (Lipinski definition) is 0.